The average molecular weight is 403 g/mol. The number of hydrogen-bond donors (Lipinski definition) is 0. The van der Waals surface area contributed by atoms with Crippen molar-refractivity contribution in [1.29, 1.82) is 0 Å². The highest BCUT2D eigenvalue weighted by molar-refractivity contribution is 6.30. The van der Waals surface area contributed by atoms with Crippen molar-refractivity contribution in [2.45, 2.75) is 26.2 Å². The van der Waals surface area contributed by atoms with E-state index in [1.165, 1.54) is 13.0 Å². The maximum absolute atomic E-state index is 14.4. The molecule has 2 aromatic rings. The zero-order valence-corrected chi connectivity index (χ0v) is 17.1. The fourth-order valence-electron chi connectivity index (χ4n) is 3.52. The van der Waals surface area contributed by atoms with E-state index in [0.717, 1.165) is 5.56 Å². The van der Waals surface area contributed by atoms with Crippen LogP contribution in [0.25, 0.3) is 0 Å². The van der Waals surface area contributed by atoms with Crippen molar-refractivity contribution in [3.05, 3.63) is 64.4 Å². The van der Waals surface area contributed by atoms with Crippen molar-refractivity contribution >= 4 is 29.0 Å². The van der Waals surface area contributed by atoms with Gasteiger partial charge < -0.3 is 9.80 Å². The number of amides is 1. The second-order valence-electron chi connectivity index (χ2n) is 7.63. The molecule has 6 heteroatoms. The van der Waals surface area contributed by atoms with Crippen molar-refractivity contribution in [1.82, 2.24) is 4.90 Å². The molecule has 28 heavy (non-hydrogen) atoms. The second-order valence-corrected chi connectivity index (χ2v) is 8.07. The summed E-state index contributed by atoms with van der Waals surface area (Å²) >= 11 is 5.95. The molecule has 0 bridgehead atoms. The van der Waals surface area contributed by atoms with Gasteiger partial charge in [-0.05, 0) is 56.7 Å². The van der Waals surface area contributed by atoms with Gasteiger partial charge >= 0.3 is 0 Å². The molecule has 0 saturated carbocycles. The van der Waals surface area contributed by atoms with Crippen molar-refractivity contribution in [3.8, 4) is 0 Å². The lowest BCUT2D eigenvalue weighted by Gasteiger charge is -2.39. The summed E-state index contributed by atoms with van der Waals surface area (Å²) in [6.07, 6.45) is 0. The van der Waals surface area contributed by atoms with Crippen LogP contribution in [-0.4, -0.2) is 42.8 Å². The number of Topliss-reactive ketones (excluding diaryl/α,β-unsaturated/α-hetero) is 1. The topological polar surface area (TPSA) is 40.6 Å². The van der Waals surface area contributed by atoms with E-state index < -0.39 is 11.2 Å². The highest BCUT2D eigenvalue weighted by Gasteiger charge is 2.35. The molecule has 1 amide bonds. The lowest BCUT2D eigenvalue weighted by atomic mass is 9.83. The Morgan fingerprint density at radius 2 is 1.61 bits per heavy atom. The molecule has 2 aromatic carbocycles. The van der Waals surface area contributed by atoms with Gasteiger partial charge in [0.2, 0.25) is 5.91 Å². The Labute approximate surface area is 169 Å². The Morgan fingerprint density at radius 3 is 2.14 bits per heavy atom. The largest absolute Gasteiger partial charge is 0.366 e. The van der Waals surface area contributed by atoms with Gasteiger partial charge in [-0.2, -0.15) is 0 Å². The number of anilines is 1. The van der Waals surface area contributed by atoms with Gasteiger partial charge in [-0.15, -0.1) is 0 Å². The van der Waals surface area contributed by atoms with Crippen molar-refractivity contribution < 1.29 is 14.0 Å². The van der Waals surface area contributed by atoms with E-state index in [1.54, 1.807) is 24.3 Å². The molecule has 1 saturated heterocycles. The van der Waals surface area contributed by atoms with E-state index in [2.05, 4.69) is 0 Å². The van der Waals surface area contributed by atoms with Crippen LogP contribution in [0.15, 0.2) is 42.5 Å². The molecule has 0 atom stereocenters. The average Bonchev–Trinajstić information content (AvgIpc) is 2.67. The number of carbonyl (C=O) groups excluding carboxylic acids is 2. The number of carbonyl (C=O) groups is 2. The molecule has 148 valence electrons. The van der Waals surface area contributed by atoms with Gasteiger partial charge in [-0.25, -0.2) is 4.39 Å². The minimum absolute atomic E-state index is 0.0434. The van der Waals surface area contributed by atoms with Gasteiger partial charge in [0.1, 0.15) is 5.82 Å². The van der Waals surface area contributed by atoms with E-state index in [-0.39, 0.29) is 11.7 Å². The zero-order chi connectivity index (χ0) is 20.5. The summed E-state index contributed by atoms with van der Waals surface area (Å²) in [4.78, 5) is 28.2. The standard InChI is InChI=1S/C22H24ClFN2O2/c1-15(27)16-4-9-20(19(24)14-16)25-10-12-26(13-11-25)21(28)22(2,3)17-5-7-18(23)8-6-17/h4-9,14H,10-13H2,1-3H3. The smallest absolute Gasteiger partial charge is 0.232 e. The quantitative estimate of drug-likeness (QED) is 0.715. The van der Waals surface area contributed by atoms with Gasteiger partial charge in [0, 0.05) is 36.8 Å². The van der Waals surface area contributed by atoms with Crippen LogP contribution in [0.5, 0.6) is 0 Å². The molecule has 0 N–H and O–H groups in total. The van der Waals surface area contributed by atoms with Crippen LogP contribution in [-0.2, 0) is 10.2 Å². The maximum atomic E-state index is 14.4. The van der Waals surface area contributed by atoms with Gasteiger partial charge in [0.25, 0.3) is 0 Å². The highest BCUT2D eigenvalue weighted by Crippen LogP contribution is 2.28. The van der Waals surface area contributed by atoms with Crippen molar-refractivity contribution in [2.24, 2.45) is 0 Å². The number of hydrogen-bond acceptors (Lipinski definition) is 3. The number of piperazine rings is 1. The molecule has 0 aliphatic carbocycles. The molecule has 0 spiro atoms. The second kappa shape index (κ2) is 7.92. The minimum atomic E-state index is -0.666. The highest BCUT2D eigenvalue weighted by atomic mass is 35.5. The lowest BCUT2D eigenvalue weighted by Crippen LogP contribution is -2.53. The van der Waals surface area contributed by atoms with Crippen LogP contribution in [0.2, 0.25) is 5.02 Å². The summed E-state index contributed by atoms with van der Waals surface area (Å²) in [5.74, 6) is -0.527. The third-order valence-electron chi connectivity index (χ3n) is 5.36. The Morgan fingerprint density at radius 1 is 1.00 bits per heavy atom. The monoisotopic (exact) mass is 402 g/mol. The number of rotatable bonds is 4. The summed E-state index contributed by atoms with van der Waals surface area (Å²) in [7, 11) is 0. The molecule has 1 fully saturated rings. The number of halogens is 2. The van der Waals surface area contributed by atoms with Crippen LogP contribution in [0.3, 0.4) is 0 Å². The van der Waals surface area contributed by atoms with Crippen LogP contribution in [0, 0.1) is 5.82 Å². The molecule has 4 nitrogen and oxygen atoms in total. The fourth-order valence-corrected chi connectivity index (χ4v) is 3.64. The first kappa shape index (κ1) is 20.3. The van der Waals surface area contributed by atoms with E-state index in [9.17, 15) is 14.0 Å². The molecule has 0 unspecified atom stereocenters. The first-order valence-electron chi connectivity index (χ1n) is 9.31. The Kier molecular flexibility index (Phi) is 5.75. The molecule has 1 aliphatic rings. The first-order chi connectivity index (χ1) is 13.2. The van der Waals surface area contributed by atoms with E-state index in [1.807, 2.05) is 35.8 Å². The maximum Gasteiger partial charge on any atom is 0.232 e. The van der Waals surface area contributed by atoms with Gasteiger partial charge in [0.05, 0.1) is 11.1 Å². The van der Waals surface area contributed by atoms with Crippen LogP contribution < -0.4 is 4.90 Å². The van der Waals surface area contributed by atoms with Crippen LogP contribution in [0.4, 0.5) is 10.1 Å². The minimum Gasteiger partial charge on any atom is -0.366 e. The summed E-state index contributed by atoms with van der Waals surface area (Å²) in [6, 6.07) is 11.9. The van der Waals surface area contributed by atoms with E-state index in [0.29, 0.717) is 42.5 Å². The summed E-state index contributed by atoms with van der Waals surface area (Å²) in [5.41, 5.74) is 1.07. The number of ketones is 1. The Balaban J connectivity index is 1.69. The predicted molar refractivity (Wildman–Crippen MR) is 110 cm³/mol. The SMILES string of the molecule is CC(=O)c1ccc(N2CCN(C(=O)C(C)(C)c3ccc(Cl)cc3)CC2)c(F)c1. The predicted octanol–water partition coefficient (Wildman–Crippen LogP) is 4.31. The van der Waals surface area contributed by atoms with Crippen molar-refractivity contribution in [2.75, 3.05) is 31.1 Å². The molecule has 0 radical (unpaired) electrons. The van der Waals surface area contributed by atoms with E-state index in [4.69, 9.17) is 11.6 Å². The van der Waals surface area contributed by atoms with Crippen molar-refractivity contribution in [3.63, 3.8) is 0 Å². The molecular formula is C22H24ClFN2O2. The van der Waals surface area contributed by atoms with Crippen LogP contribution >= 0.6 is 11.6 Å². The van der Waals surface area contributed by atoms with Gasteiger partial charge in [0.15, 0.2) is 5.78 Å². The zero-order valence-electron chi connectivity index (χ0n) is 16.3. The third kappa shape index (κ3) is 4.04. The molecule has 3 rings (SSSR count). The fraction of sp³-hybridized carbons (Fsp3) is 0.364. The summed E-state index contributed by atoms with van der Waals surface area (Å²) < 4.78 is 14.4. The molecule has 1 aliphatic heterocycles. The van der Waals surface area contributed by atoms with Crippen LogP contribution in [0.1, 0.15) is 36.7 Å². The normalized spacial score (nSPS) is 14.9. The number of nitrogens with zero attached hydrogens (tertiary/aromatic N) is 2. The number of benzene rings is 2. The molecule has 0 aromatic heterocycles. The van der Waals surface area contributed by atoms with Gasteiger partial charge in [-0.3, -0.25) is 9.59 Å². The molecular weight excluding hydrogens is 379 g/mol. The van der Waals surface area contributed by atoms with Gasteiger partial charge in [-0.1, -0.05) is 23.7 Å². The Hall–Kier alpha value is -2.40. The lowest BCUT2D eigenvalue weighted by molar-refractivity contribution is -0.136. The summed E-state index contributed by atoms with van der Waals surface area (Å²) in [6.45, 7) is 7.35. The summed E-state index contributed by atoms with van der Waals surface area (Å²) in [5, 5.41) is 0.637. The first-order valence-corrected chi connectivity index (χ1v) is 9.69. The van der Waals surface area contributed by atoms with E-state index >= 15 is 0 Å². The molecule has 1 heterocycles. The Bertz CT molecular complexity index is 888. The third-order valence-corrected chi connectivity index (χ3v) is 5.61.